The maximum Gasteiger partial charge on any atom is 2.00 e. The van der Waals surface area contributed by atoms with Crippen LogP contribution in [0.5, 0.6) is 0 Å². The molecule has 0 aromatic carbocycles. The molecule has 6 heavy (non-hydrogen) atoms. The van der Waals surface area contributed by atoms with Crippen molar-refractivity contribution in [1.29, 1.82) is 0 Å². The minimum absolute atomic E-state index is 0. The SMILES string of the molecule is O=[N+]([O-])OO.[Mg+2]. The first-order valence-electron chi connectivity index (χ1n) is 0.730. The third-order valence-corrected chi connectivity index (χ3v) is 0.0667. The number of hydrogen-bond donors (Lipinski definition) is 1. The second-order valence-electron chi connectivity index (χ2n) is 0.305. The Labute approximate surface area is 49.1 Å². The summed E-state index contributed by atoms with van der Waals surface area (Å²) in [6.45, 7) is 0. The van der Waals surface area contributed by atoms with Gasteiger partial charge in [0.25, 0.3) is 0 Å². The van der Waals surface area contributed by atoms with Crippen LogP contribution in [0.25, 0.3) is 0 Å². The third kappa shape index (κ3) is 9.06. The molecule has 0 amide bonds. The van der Waals surface area contributed by atoms with Crippen LogP contribution >= 0.6 is 0 Å². The van der Waals surface area contributed by atoms with Gasteiger partial charge < -0.3 is 0 Å². The Balaban J connectivity index is 0. The molecule has 0 unspecified atom stereocenters. The van der Waals surface area contributed by atoms with Gasteiger partial charge in [-0.25, -0.2) is 5.26 Å². The molecule has 5 nitrogen and oxygen atoms in total. The molecular formula is HMgNO4+2. The van der Waals surface area contributed by atoms with Gasteiger partial charge in [-0.3, -0.25) is 0 Å². The number of rotatable bonds is 1. The molecule has 0 spiro atoms. The molecule has 0 saturated heterocycles. The molecule has 6 heteroatoms. The fourth-order valence-corrected chi connectivity index (χ4v) is 0. The van der Waals surface area contributed by atoms with Crippen molar-refractivity contribution in [2.45, 2.75) is 0 Å². The van der Waals surface area contributed by atoms with E-state index in [4.69, 9.17) is 15.4 Å². The maximum absolute atomic E-state index is 8.70. The smallest absolute Gasteiger partial charge is 0.214 e. The summed E-state index contributed by atoms with van der Waals surface area (Å²) in [4.78, 5) is 11.2. The van der Waals surface area contributed by atoms with E-state index in [1.807, 2.05) is 0 Å². The van der Waals surface area contributed by atoms with Crippen LogP contribution in [0.2, 0.25) is 0 Å². The van der Waals surface area contributed by atoms with Crippen molar-refractivity contribution in [2.24, 2.45) is 0 Å². The van der Waals surface area contributed by atoms with E-state index in [0.29, 0.717) is 0 Å². The van der Waals surface area contributed by atoms with E-state index >= 15 is 0 Å². The number of hydrogen-bond acceptors (Lipinski definition) is 4. The quantitative estimate of drug-likeness (QED) is 0.206. The summed E-state index contributed by atoms with van der Waals surface area (Å²) >= 11 is 0. The van der Waals surface area contributed by atoms with E-state index in [1.54, 1.807) is 0 Å². The molecule has 0 radical (unpaired) electrons. The van der Waals surface area contributed by atoms with Gasteiger partial charge in [-0.05, 0) is 0 Å². The fraction of sp³-hybridized carbons (Fsp3) is 0. The Morgan fingerprint density at radius 1 is 1.83 bits per heavy atom. The largest absolute Gasteiger partial charge is 2.00 e. The van der Waals surface area contributed by atoms with Gasteiger partial charge in [0.05, 0.1) is 0 Å². The molecule has 0 heterocycles. The normalized spacial score (nSPS) is 5.50. The standard InChI is InChI=1S/Mg.HNO4/c;2-1(3)5-4/h;4H/q+2;. The molecule has 0 aromatic heterocycles. The predicted octanol–water partition coefficient (Wildman–Crippen LogP) is -0.713. The van der Waals surface area contributed by atoms with Crippen molar-refractivity contribution in [1.82, 2.24) is 0 Å². The first-order valence-corrected chi connectivity index (χ1v) is 0.730. The second-order valence-corrected chi connectivity index (χ2v) is 0.305. The van der Waals surface area contributed by atoms with Crippen LogP contribution in [-0.4, -0.2) is 33.4 Å². The summed E-state index contributed by atoms with van der Waals surface area (Å²) in [6, 6.07) is 0. The van der Waals surface area contributed by atoms with Gasteiger partial charge in [0.2, 0.25) is 0 Å². The van der Waals surface area contributed by atoms with Crippen molar-refractivity contribution >= 4 is 23.1 Å². The summed E-state index contributed by atoms with van der Waals surface area (Å²) in [6.07, 6.45) is 0. The summed E-state index contributed by atoms with van der Waals surface area (Å²) in [7, 11) is 0. The van der Waals surface area contributed by atoms with Crippen LogP contribution in [-0.2, 0) is 4.99 Å². The summed E-state index contributed by atoms with van der Waals surface area (Å²) in [5.41, 5.74) is 0. The fourth-order valence-electron chi connectivity index (χ4n) is 0. The van der Waals surface area contributed by atoms with Crippen molar-refractivity contribution in [2.75, 3.05) is 0 Å². The average molecular weight is 103 g/mol. The van der Waals surface area contributed by atoms with Crippen molar-refractivity contribution < 1.29 is 15.3 Å². The van der Waals surface area contributed by atoms with E-state index in [9.17, 15) is 0 Å². The molecular weight excluding hydrogens is 102 g/mol. The molecule has 0 atom stereocenters. The van der Waals surface area contributed by atoms with Gasteiger partial charge in [-0.15, -0.1) is 15.1 Å². The van der Waals surface area contributed by atoms with Crippen LogP contribution in [0.3, 0.4) is 0 Å². The van der Waals surface area contributed by atoms with Crippen LogP contribution in [0, 0.1) is 10.1 Å². The van der Waals surface area contributed by atoms with Gasteiger partial charge in [0.1, 0.15) is 0 Å². The zero-order valence-corrected chi connectivity index (χ0v) is 4.24. The molecule has 0 aliphatic carbocycles. The Bertz CT molecular complexity index is 42.8. The zero-order valence-electron chi connectivity index (χ0n) is 2.83. The molecule has 0 aromatic rings. The topological polar surface area (TPSA) is 72.6 Å². The number of nitrogens with zero attached hydrogens (tertiary/aromatic N) is 1. The Hall–Kier alpha value is -0.0738. The van der Waals surface area contributed by atoms with Crippen LogP contribution in [0.4, 0.5) is 0 Å². The van der Waals surface area contributed by atoms with Crippen LogP contribution in [0.1, 0.15) is 0 Å². The van der Waals surface area contributed by atoms with E-state index in [1.165, 1.54) is 0 Å². The Kier molecular flexibility index (Phi) is 7.66. The van der Waals surface area contributed by atoms with Gasteiger partial charge in [-0.1, -0.05) is 0 Å². The zero-order chi connectivity index (χ0) is 4.28. The van der Waals surface area contributed by atoms with E-state index in [2.05, 4.69) is 4.99 Å². The molecule has 0 aliphatic rings. The average Bonchev–Trinajstić information content (AvgIpc) is 1.38. The molecule has 0 rings (SSSR count). The molecule has 0 fully saturated rings. The molecule has 0 aliphatic heterocycles. The van der Waals surface area contributed by atoms with E-state index in [-0.39, 0.29) is 23.1 Å². The summed E-state index contributed by atoms with van der Waals surface area (Å²) in [5.74, 6) is 0. The molecule has 0 bridgehead atoms. The molecule has 1 N–H and O–H groups in total. The van der Waals surface area contributed by atoms with Gasteiger partial charge in [-0.2, -0.15) is 0 Å². The Morgan fingerprint density at radius 2 is 2.00 bits per heavy atom. The third-order valence-electron chi connectivity index (χ3n) is 0.0667. The van der Waals surface area contributed by atoms with Gasteiger partial charge in [0, 0.05) is 0 Å². The minimum Gasteiger partial charge on any atom is -0.214 e. The monoisotopic (exact) mass is 103 g/mol. The van der Waals surface area contributed by atoms with Crippen molar-refractivity contribution in [3.8, 4) is 0 Å². The van der Waals surface area contributed by atoms with Crippen molar-refractivity contribution in [3.05, 3.63) is 10.1 Å². The molecule has 30 valence electrons. The van der Waals surface area contributed by atoms with E-state index in [0.717, 1.165) is 0 Å². The van der Waals surface area contributed by atoms with Gasteiger partial charge in [0.15, 0.2) is 0 Å². The van der Waals surface area contributed by atoms with E-state index < -0.39 is 5.09 Å². The predicted molar refractivity (Wildman–Crippen MR) is 16.5 cm³/mol. The second kappa shape index (κ2) is 4.93. The summed E-state index contributed by atoms with van der Waals surface area (Å²) in [5, 5.41) is 14.3. The van der Waals surface area contributed by atoms with Crippen LogP contribution < -0.4 is 0 Å². The summed E-state index contributed by atoms with van der Waals surface area (Å²) < 4.78 is 0. The van der Waals surface area contributed by atoms with Crippen molar-refractivity contribution in [3.63, 3.8) is 0 Å². The molecule has 0 saturated carbocycles. The van der Waals surface area contributed by atoms with Gasteiger partial charge >= 0.3 is 28.1 Å². The minimum atomic E-state index is -1.32. The first kappa shape index (κ1) is 9.33. The first-order chi connectivity index (χ1) is 2.27. The Morgan fingerprint density at radius 3 is 2.00 bits per heavy atom. The maximum atomic E-state index is 8.70. The van der Waals surface area contributed by atoms with Crippen LogP contribution in [0.15, 0.2) is 0 Å².